The molecule has 1 saturated heterocycles. The first-order chi connectivity index (χ1) is 18.2. The van der Waals surface area contributed by atoms with E-state index in [2.05, 4.69) is 4.74 Å². The first-order valence-electron chi connectivity index (χ1n) is 12.3. The van der Waals surface area contributed by atoms with Crippen molar-refractivity contribution in [1.29, 1.82) is 5.41 Å². The summed E-state index contributed by atoms with van der Waals surface area (Å²) in [6.07, 6.45) is 1.13. The van der Waals surface area contributed by atoms with Crippen molar-refractivity contribution in [3.63, 3.8) is 0 Å². The summed E-state index contributed by atoms with van der Waals surface area (Å²) in [6, 6.07) is 11.9. The third-order valence-corrected chi connectivity index (χ3v) is 6.16. The summed E-state index contributed by atoms with van der Waals surface area (Å²) in [6.45, 7) is 3.46. The SMILES string of the molecule is CCOC(=O)OC(C)O/C(=C\C(=O)N1CCC[C@@H]1CC(c1ccc(F)cc1)c1ccc(F)cc1)C(=O)C=N. The van der Waals surface area contributed by atoms with Crippen LogP contribution in [0, 0.1) is 17.0 Å². The van der Waals surface area contributed by atoms with Gasteiger partial charge in [0.1, 0.15) is 11.6 Å². The van der Waals surface area contributed by atoms with Gasteiger partial charge in [-0.3, -0.25) is 9.59 Å². The number of ether oxygens (including phenoxy) is 3. The van der Waals surface area contributed by atoms with E-state index in [0.29, 0.717) is 25.6 Å². The highest BCUT2D eigenvalue weighted by molar-refractivity contribution is 6.34. The Morgan fingerprint density at radius 1 is 1.03 bits per heavy atom. The molecule has 2 aromatic carbocycles. The van der Waals surface area contributed by atoms with Gasteiger partial charge < -0.3 is 24.5 Å². The van der Waals surface area contributed by atoms with Crippen LogP contribution in [0.3, 0.4) is 0 Å². The Kier molecular flexibility index (Phi) is 10.1. The Morgan fingerprint density at radius 2 is 1.61 bits per heavy atom. The molecule has 3 rings (SSSR count). The summed E-state index contributed by atoms with van der Waals surface area (Å²) in [7, 11) is 0. The fourth-order valence-corrected chi connectivity index (χ4v) is 4.42. The van der Waals surface area contributed by atoms with Gasteiger partial charge in [0.05, 0.1) is 12.8 Å². The fourth-order valence-electron chi connectivity index (χ4n) is 4.42. The molecule has 0 aromatic heterocycles. The van der Waals surface area contributed by atoms with Crippen molar-refractivity contribution in [1.82, 2.24) is 4.90 Å². The van der Waals surface area contributed by atoms with Crippen LogP contribution in [0.5, 0.6) is 0 Å². The smallest absolute Gasteiger partial charge is 0.451 e. The Labute approximate surface area is 219 Å². The van der Waals surface area contributed by atoms with Crippen LogP contribution < -0.4 is 0 Å². The maximum atomic E-state index is 13.6. The molecule has 0 saturated carbocycles. The normalized spacial score (nSPS) is 16.2. The van der Waals surface area contributed by atoms with E-state index in [1.54, 1.807) is 36.1 Å². The molecule has 0 spiro atoms. The van der Waals surface area contributed by atoms with Gasteiger partial charge >= 0.3 is 6.16 Å². The second-order valence-electron chi connectivity index (χ2n) is 8.72. The van der Waals surface area contributed by atoms with Crippen LogP contribution in [-0.4, -0.2) is 54.4 Å². The number of carbonyl (C=O) groups is 3. The van der Waals surface area contributed by atoms with E-state index in [0.717, 1.165) is 23.6 Å². The zero-order valence-corrected chi connectivity index (χ0v) is 21.2. The van der Waals surface area contributed by atoms with Crippen LogP contribution in [0.2, 0.25) is 0 Å². The monoisotopic (exact) mass is 528 g/mol. The van der Waals surface area contributed by atoms with Crippen molar-refractivity contribution in [2.75, 3.05) is 13.2 Å². The molecule has 1 N–H and O–H groups in total. The molecule has 0 bridgehead atoms. The molecule has 1 unspecified atom stereocenters. The molecule has 1 heterocycles. The van der Waals surface area contributed by atoms with Crippen molar-refractivity contribution in [2.24, 2.45) is 0 Å². The van der Waals surface area contributed by atoms with Crippen LogP contribution in [-0.2, 0) is 23.8 Å². The summed E-state index contributed by atoms with van der Waals surface area (Å²) in [5.41, 5.74) is 1.64. The minimum atomic E-state index is -1.24. The van der Waals surface area contributed by atoms with E-state index in [9.17, 15) is 23.2 Å². The standard InChI is InChI=1S/C28H30F2N2O6/c1-3-36-28(35)38-18(2)37-26(25(33)17-31)16-27(34)32-14-4-5-23(32)15-24(19-6-10-21(29)11-7-19)20-8-12-22(30)13-9-20/h6-13,16-18,23-24,31H,3-5,14-15H2,1-2H3/b26-16-,31-17?/t18?,23-/m1/s1. The summed E-state index contributed by atoms with van der Waals surface area (Å²) in [5, 5.41) is 7.29. The molecule has 0 aliphatic carbocycles. The van der Waals surface area contributed by atoms with Gasteiger partial charge in [0.15, 0.2) is 5.76 Å². The number of allylic oxidation sites excluding steroid dienone is 1. The van der Waals surface area contributed by atoms with Crippen LogP contribution in [0.15, 0.2) is 60.4 Å². The quantitative estimate of drug-likeness (QED) is 0.143. The number of carbonyl (C=O) groups excluding carboxylic acids is 3. The van der Waals surface area contributed by atoms with Crippen LogP contribution in [0.4, 0.5) is 13.6 Å². The van der Waals surface area contributed by atoms with Crippen molar-refractivity contribution in [3.05, 3.63) is 83.1 Å². The van der Waals surface area contributed by atoms with Crippen molar-refractivity contribution >= 4 is 24.1 Å². The van der Waals surface area contributed by atoms with E-state index in [4.69, 9.17) is 14.9 Å². The number of nitrogens with one attached hydrogen (secondary N) is 1. The minimum absolute atomic E-state index is 0.0827. The lowest BCUT2D eigenvalue weighted by Crippen LogP contribution is -2.36. The highest BCUT2D eigenvalue weighted by Gasteiger charge is 2.32. The van der Waals surface area contributed by atoms with Crippen LogP contribution >= 0.6 is 0 Å². The number of amides is 1. The predicted octanol–water partition coefficient (Wildman–Crippen LogP) is 5.12. The average molecular weight is 529 g/mol. The lowest BCUT2D eigenvalue weighted by molar-refractivity contribution is -0.129. The molecular weight excluding hydrogens is 498 g/mol. The van der Waals surface area contributed by atoms with E-state index >= 15 is 0 Å². The molecule has 1 aliphatic rings. The van der Waals surface area contributed by atoms with Crippen molar-refractivity contribution in [2.45, 2.75) is 51.4 Å². The van der Waals surface area contributed by atoms with Gasteiger partial charge in [-0.1, -0.05) is 24.3 Å². The molecule has 2 aromatic rings. The van der Waals surface area contributed by atoms with Gasteiger partial charge in [0, 0.05) is 31.5 Å². The average Bonchev–Trinajstić information content (AvgIpc) is 3.36. The van der Waals surface area contributed by atoms with Crippen molar-refractivity contribution < 1.29 is 37.4 Å². The van der Waals surface area contributed by atoms with Gasteiger partial charge in [0.25, 0.3) is 5.91 Å². The molecule has 2 atom stereocenters. The maximum Gasteiger partial charge on any atom is 0.511 e. The zero-order chi connectivity index (χ0) is 27.7. The lowest BCUT2D eigenvalue weighted by Gasteiger charge is -2.28. The number of halogens is 2. The number of hydrogen-bond acceptors (Lipinski definition) is 7. The summed E-state index contributed by atoms with van der Waals surface area (Å²) >= 11 is 0. The molecule has 1 aliphatic heterocycles. The Bertz CT molecular complexity index is 1120. The number of Topliss-reactive ketones (excluding diaryl/α,β-unsaturated/α-hetero) is 1. The highest BCUT2D eigenvalue weighted by Crippen LogP contribution is 2.34. The maximum absolute atomic E-state index is 13.6. The first-order valence-corrected chi connectivity index (χ1v) is 12.3. The third kappa shape index (κ3) is 7.71. The minimum Gasteiger partial charge on any atom is -0.451 e. The molecule has 1 amide bonds. The van der Waals surface area contributed by atoms with E-state index in [-0.39, 0.29) is 30.2 Å². The fraction of sp³-hybridized carbons (Fsp3) is 0.357. The van der Waals surface area contributed by atoms with Gasteiger partial charge in [-0.15, -0.1) is 0 Å². The van der Waals surface area contributed by atoms with Crippen LogP contribution in [0.1, 0.15) is 50.2 Å². The molecule has 38 heavy (non-hydrogen) atoms. The lowest BCUT2D eigenvalue weighted by atomic mass is 9.85. The number of benzene rings is 2. The number of likely N-dealkylation sites (tertiary alicyclic amines) is 1. The third-order valence-electron chi connectivity index (χ3n) is 6.16. The summed E-state index contributed by atoms with van der Waals surface area (Å²) in [4.78, 5) is 38.6. The van der Waals surface area contributed by atoms with Crippen LogP contribution in [0.25, 0.3) is 0 Å². The van der Waals surface area contributed by atoms with Gasteiger partial charge in [-0.05, 0) is 61.6 Å². The van der Waals surface area contributed by atoms with Gasteiger partial charge in [-0.2, -0.15) is 0 Å². The second kappa shape index (κ2) is 13.5. The largest absolute Gasteiger partial charge is 0.511 e. The Morgan fingerprint density at radius 3 is 2.13 bits per heavy atom. The summed E-state index contributed by atoms with van der Waals surface area (Å²) < 4.78 is 42.1. The molecular formula is C28H30F2N2O6. The number of rotatable bonds is 11. The van der Waals surface area contributed by atoms with E-state index in [1.165, 1.54) is 31.2 Å². The topological polar surface area (TPSA) is 106 Å². The summed E-state index contributed by atoms with van der Waals surface area (Å²) in [5.74, 6) is -2.81. The number of nitrogens with zero attached hydrogens (tertiary/aromatic N) is 1. The predicted molar refractivity (Wildman–Crippen MR) is 135 cm³/mol. The Balaban J connectivity index is 1.81. The molecule has 0 radical (unpaired) electrons. The number of hydrogen-bond donors (Lipinski definition) is 1. The molecule has 8 nitrogen and oxygen atoms in total. The highest BCUT2D eigenvalue weighted by atomic mass is 19.1. The molecule has 202 valence electrons. The number of ketones is 1. The van der Waals surface area contributed by atoms with E-state index < -0.39 is 29.9 Å². The van der Waals surface area contributed by atoms with E-state index in [1.807, 2.05) is 0 Å². The van der Waals surface area contributed by atoms with Gasteiger partial charge in [0.2, 0.25) is 12.1 Å². The second-order valence-corrected chi connectivity index (χ2v) is 8.72. The zero-order valence-electron chi connectivity index (χ0n) is 21.2. The Hall–Kier alpha value is -4.08. The molecule has 1 fully saturated rings. The van der Waals surface area contributed by atoms with Crippen molar-refractivity contribution in [3.8, 4) is 0 Å². The first kappa shape index (κ1) is 28.5. The van der Waals surface area contributed by atoms with Gasteiger partial charge in [-0.25, -0.2) is 13.6 Å². The molecule has 10 heteroatoms.